The molecule has 0 aliphatic carbocycles. The number of non-ortho nitro benzene ring substituents is 1. The molecule has 3 aromatic carbocycles. The molecule has 0 atom stereocenters. The second-order valence-corrected chi connectivity index (χ2v) is 8.37. The lowest BCUT2D eigenvalue weighted by molar-refractivity contribution is -0.384. The lowest BCUT2D eigenvalue weighted by atomic mass is 10.1. The molecule has 5 aromatic rings. The third-order valence-corrected chi connectivity index (χ3v) is 6.15. The molecule has 0 radical (unpaired) electrons. The summed E-state index contributed by atoms with van der Waals surface area (Å²) in [5.74, 6) is 0.501. The molecule has 10 nitrogen and oxygen atoms in total. The molecule has 0 unspecified atom stereocenters. The first-order valence-electron chi connectivity index (χ1n) is 10.7. The Bertz CT molecular complexity index is 1620. The van der Waals surface area contributed by atoms with E-state index in [1.807, 2.05) is 35.7 Å². The van der Waals surface area contributed by atoms with Gasteiger partial charge in [-0.1, -0.05) is 42.5 Å². The second-order valence-electron chi connectivity index (χ2n) is 7.53. The fraction of sp³-hybridized carbons (Fsp3) is 0.0400. The summed E-state index contributed by atoms with van der Waals surface area (Å²) >= 11 is 1.29. The van der Waals surface area contributed by atoms with Crippen LogP contribution in [0.5, 0.6) is 5.75 Å². The van der Waals surface area contributed by atoms with Gasteiger partial charge in [0.15, 0.2) is 5.69 Å². The van der Waals surface area contributed by atoms with E-state index in [4.69, 9.17) is 4.74 Å². The van der Waals surface area contributed by atoms with Gasteiger partial charge in [-0.25, -0.2) is 4.98 Å². The third-order valence-electron chi connectivity index (χ3n) is 5.33. The van der Waals surface area contributed by atoms with E-state index in [0.717, 1.165) is 11.3 Å². The SMILES string of the molecule is COc1ccccc1N=Nc1c(-c2ccc([N+](=O)[O-])cc2)[nH]n(-c2nc(-c3ccccc3)cs2)c1=O. The van der Waals surface area contributed by atoms with E-state index < -0.39 is 10.5 Å². The van der Waals surface area contributed by atoms with Crippen LogP contribution in [-0.2, 0) is 0 Å². The zero-order chi connectivity index (χ0) is 25.1. The number of methoxy groups -OCH3 is 1. The summed E-state index contributed by atoms with van der Waals surface area (Å²) < 4.78 is 6.61. The number of nitrogens with zero attached hydrogens (tertiary/aromatic N) is 5. The number of thiazole rings is 1. The highest BCUT2D eigenvalue weighted by molar-refractivity contribution is 7.12. The standard InChI is InChI=1S/C25H18N6O4S/c1-35-21-10-6-5-9-19(21)27-28-23-22(17-11-13-18(14-12-17)31(33)34)29-30(24(23)32)25-26-20(15-36-25)16-7-3-2-4-8-16/h2-15,29H,1H3. The molecule has 5 rings (SSSR count). The molecular formula is C25H18N6O4S. The number of azo groups is 1. The van der Waals surface area contributed by atoms with Gasteiger partial charge in [0.2, 0.25) is 5.13 Å². The van der Waals surface area contributed by atoms with Crippen molar-refractivity contribution in [1.29, 1.82) is 0 Å². The monoisotopic (exact) mass is 498 g/mol. The maximum atomic E-state index is 13.5. The molecule has 1 N–H and O–H groups in total. The minimum atomic E-state index is -0.485. The molecule has 0 saturated heterocycles. The zero-order valence-corrected chi connectivity index (χ0v) is 19.7. The van der Waals surface area contributed by atoms with Crippen LogP contribution in [0.4, 0.5) is 17.1 Å². The highest BCUT2D eigenvalue weighted by Gasteiger charge is 2.20. The van der Waals surface area contributed by atoms with Crippen LogP contribution in [0.25, 0.3) is 27.6 Å². The quantitative estimate of drug-likeness (QED) is 0.160. The number of benzene rings is 3. The first-order chi connectivity index (χ1) is 17.5. The number of nitro groups is 1. The maximum absolute atomic E-state index is 13.5. The highest BCUT2D eigenvalue weighted by atomic mass is 32.1. The maximum Gasteiger partial charge on any atom is 0.301 e. The number of hydrogen-bond donors (Lipinski definition) is 1. The lowest BCUT2D eigenvalue weighted by Crippen LogP contribution is -2.13. The van der Waals surface area contributed by atoms with Crippen LogP contribution in [0.2, 0.25) is 0 Å². The van der Waals surface area contributed by atoms with Gasteiger partial charge in [0, 0.05) is 28.6 Å². The summed E-state index contributed by atoms with van der Waals surface area (Å²) in [7, 11) is 1.52. The molecule has 0 aliphatic heterocycles. The Labute approximate surface area is 208 Å². The van der Waals surface area contributed by atoms with Crippen molar-refractivity contribution in [2.45, 2.75) is 0 Å². The molecule has 36 heavy (non-hydrogen) atoms. The first-order valence-corrected chi connectivity index (χ1v) is 11.6. The number of nitrogens with one attached hydrogen (secondary N) is 1. The van der Waals surface area contributed by atoms with Gasteiger partial charge >= 0.3 is 5.56 Å². The number of rotatable bonds is 7. The molecular weight excluding hydrogens is 480 g/mol. The molecule has 2 heterocycles. The minimum absolute atomic E-state index is 0.0335. The van der Waals surface area contributed by atoms with Gasteiger partial charge < -0.3 is 4.74 Å². The predicted molar refractivity (Wildman–Crippen MR) is 137 cm³/mol. The second kappa shape index (κ2) is 9.76. The Morgan fingerprint density at radius 1 is 0.972 bits per heavy atom. The average Bonchev–Trinajstić information content (AvgIpc) is 3.53. The Morgan fingerprint density at radius 3 is 2.42 bits per heavy atom. The number of H-pyrrole nitrogens is 1. The molecule has 178 valence electrons. The Balaban J connectivity index is 1.62. The lowest BCUT2D eigenvalue weighted by Gasteiger charge is -2.02. The number of aromatic nitrogens is 3. The van der Waals surface area contributed by atoms with Gasteiger partial charge in [-0.15, -0.1) is 21.6 Å². The smallest absolute Gasteiger partial charge is 0.301 e. The number of para-hydroxylation sites is 1. The fourth-order valence-electron chi connectivity index (χ4n) is 3.53. The molecule has 0 amide bonds. The normalized spacial score (nSPS) is 11.1. The van der Waals surface area contributed by atoms with Gasteiger partial charge in [0.05, 0.1) is 23.4 Å². The number of ether oxygens (including phenoxy) is 1. The molecule has 2 aromatic heterocycles. The molecule has 0 bridgehead atoms. The van der Waals surface area contributed by atoms with Crippen molar-refractivity contribution in [3.8, 4) is 33.4 Å². The summed E-state index contributed by atoms with van der Waals surface area (Å²) in [6.45, 7) is 0. The van der Waals surface area contributed by atoms with Crippen LogP contribution in [0, 0.1) is 10.1 Å². The molecule has 0 aliphatic rings. The Kier molecular flexibility index (Phi) is 6.20. The van der Waals surface area contributed by atoms with Gasteiger partial charge in [0.25, 0.3) is 5.69 Å². The van der Waals surface area contributed by atoms with E-state index in [1.54, 1.807) is 36.4 Å². The van der Waals surface area contributed by atoms with E-state index in [2.05, 4.69) is 20.3 Å². The van der Waals surface area contributed by atoms with Crippen molar-refractivity contribution < 1.29 is 9.66 Å². The van der Waals surface area contributed by atoms with Crippen molar-refractivity contribution in [3.63, 3.8) is 0 Å². The zero-order valence-electron chi connectivity index (χ0n) is 18.9. The average molecular weight is 499 g/mol. The Morgan fingerprint density at radius 2 is 1.69 bits per heavy atom. The van der Waals surface area contributed by atoms with Crippen molar-refractivity contribution in [3.05, 3.63) is 105 Å². The molecule has 11 heteroatoms. The van der Waals surface area contributed by atoms with E-state index in [-0.39, 0.29) is 11.4 Å². The number of hydrogen-bond acceptors (Lipinski definition) is 8. The third kappa shape index (κ3) is 4.42. The van der Waals surface area contributed by atoms with E-state index in [0.29, 0.717) is 27.8 Å². The fourth-order valence-corrected chi connectivity index (χ4v) is 4.32. The van der Waals surface area contributed by atoms with Gasteiger partial charge in [-0.3, -0.25) is 20.0 Å². The molecule has 0 saturated carbocycles. The van der Waals surface area contributed by atoms with Crippen molar-refractivity contribution in [2.75, 3.05) is 7.11 Å². The largest absolute Gasteiger partial charge is 0.494 e. The first kappa shape index (κ1) is 22.9. The topological polar surface area (TPSA) is 128 Å². The van der Waals surface area contributed by atoms with Crippen molar-refractivity contribution >= 4 is 28.4 Å². The summed E-state index contributed by atoms with van der Waals surface area (Å²) in [5.41, 5.74) is 2.49. The number of aromatic amines is 1. The minimum Gasteiger partial charge on any atom is -0.494 e. The van der Waals surface area contributed by atoms with Crippen LogP contribution in [0.1, 0.15) is 0 Å². The van der Waals surface area contributed by atoms with Gasteiger partial charge in [0.1, 0.15) is 11.4 Å². The highest BCUT2D eigenvalue weighted by Crippen LogP contribution is 2.33. The van der Waals surface area contributed by atoms with Crippen LogP contribution < -0.4 is 10.3 Å². The summed E-state index contributed by atoms with van der Waals surface area (Å²) in [6, 6.07) is 22.5. The van der Waals surface area contributed by atoms with Gasteiger partial charge in [-0.05, 0) is 24.3 Å². The van der Waals surface area contributed by atoms with Crippen molar-refractivity contribution in [2.24, 2.45) is 10.2 Å². The van der Waals surface area contributed by atoms with E-state index in [9.17, 15) is 14.9 Å². The van der Waals surface area contributed by atoms with Crippen LogP contribution in [0.3, 0.4) is 0 Å². The predicted octanol–water partition coefficient (Wildman–Crippen LogP) is 6.29. The summed E-state index contributed by atoms with van der Waals surface area (Å²) in [4.78, 5) is 28.7. The van der Waals surface area contributed by atoms with E-state index in [1.165, 1.54) is 35.3 Å². The number of nitro benzene ring substituents is 1. The van der Waals surface area contributed by atoms with Crippen molar-refractivity contribution in [1.82, 2.24) is 14.8 Å². The molecule has 0 fully saturated rings. The summed E-state index contributed by atoms with van der Waals surface area (Å²) in [6.07, 6.45) is 0. The molecule has 0 spiro atoms. The van der Waals surface area contributed by atoms with Gasteiger partial charge in [-0.2, -0.15) is 4.68 Å². The Hall–Kier alpha value is -4.90. The van der Waals surface area contributed by atoms with Crippen LogP contribution >= 0.6 is 11.3 Å². The summed E-state index contributed by atoms with van der Waals surface area (Å²) in [5, 5.41) is 24.9. The van der Waals surface area contributed by atoms with E-state index >= 15 is 0 Å². The van der Waals surface area contributed by atoms with Crippen LogP contribution in [-0.4, -0.2) is 26.8 Å². The van der Waals surface area contributed by atoms with Crippen LogP contribution in [0.15, 0.2) is 99.3 Å².